The van der Waals surface area contributed by atoms with Crippen molar-refractivity contribution in [2.45, 2.75) is 19.1 Å². The van der Waals surface area contributed by atoms with Crippen molar-refractivity contribution in [3.05, 3.63) is 99.0 Å². The minimum Gasteiger partial charge on any atom is -0.387 e. The molecule has 0 radical (unpaired) electrons. The molecule has 0 atom stereocenters. The fourth-order valence-corrected chi connectivity index (χ4v) is 3.57. The van der Waals surface area contributed by atoms with Crippen molar-refractivity contribution in [1.82, 2.24) is 4.90 Å². The maximum absolute atomic E-state index is 13.4. The minimum absolute atomic E-state index is 0.153. The number of nitrogens with zero attached hydrogens (tertiary/aromatic N) is 1. The molecule has 3 rings (SSSR count). The van der Waals surface area contributed by atoms with Gasteiger partial charge >= 0.3 is 6.18 Å². The highest BCUT2D eigenvalue weighted by atomic mass is 35.5. The molecular formula is C24H21Cl2F3N2O. The summed E-state index contributed by atoms with van der Waals surface area (Å²) in [6, 6.07) is 17.1. The Labute approximate surface area is 194 Å². The summed E-state index contributed by atoms with van der Waals surface area (Å²) in [5.74, 6) is -0.272. The molecule has 0 saturated heterocycles. The van der Waals surface area contributed by atoms with Crippen LogP contribution in [0.4, 0.5) is 18.9 Å². The SMILES string of the molecule is CNc1ccc(Cl)cc1C(=O)N(CCc1ccc(Cl)cc1)Cc1ccc(C(F)(F)F)cc1. The molecule has 1 amide bonds. The van der Waals surface area contributed by atoms with Crippen molar-refractivity contribution in [3.63, 3.8) is 0 Å². The standard InChI is InChI=1S/C24H21Cl2F3N2O/c1-30-22-11-10-20(26)14-21(22)23(32)31(13-12-16-4-8-19(25)9-5-16)15-17-2-6-18(7-3-17)24(27,28)29/h2-11,14,30H,12-13,15H2,1H3. The van der Waals surface area contributed by atoms with Gasteiger partial charge in [-0.3, -0.25) is 4.79 Å². The van der Waals surface area contributed by atoms with Gasteiger partial charge in [0.25, 0.3) is 5.91 Å². The van der Waals surface area contributed by atoms with Crippen LogP contribution < -0.4 is 5.32 Å². The first kappa shape index (κ1) is 24.0. The van der Waals surface area contributed by atoms with Crippen LogP contribution in [0.3, 0.4) is 0 Å². The van der Waals surface area contributed by atoms with E-state index in [9.17, 15) is 18.0 Å². The van der Waals surface area contributed by atoms with E-state index in [1.807, 2.05) is 12.1 Å². The lowest BCUT2D eigenvalue weighted by Gasteiger charge is -2.24. The number of amides is 1. The van der Waals surface area contributed by atoms with Crippen molar-refractivity contribution < 1.29 is 18.0 Å². The quantitative estimate of drug-likeness (QED) is 0.397. The second kappa shape index (κ2) is 10.3. The zero-order chi connectivity index (χ0) is 23.3. The third kappa shape index (κ3) is 6.17. The third-order valence-electron chi connectivity index (χ3n) is 5.01. The number of anilines is 1. The smallest absolute Gasteiger partial charge is 0.387 e. The molecule has 0 bridgehead atoms. The fourth-order valence-electron chi connectivity index (χ4n) is 3.27. The van der Waals surface area contributed by atoms with E-state index in [4.69, 9.17) is 23.2 Å². The van der Waals surface area contributed by atoms with Crippen LogP contribution in [0.5, 0.6) is 0 Å². The zero-order valence-corrected chi connectivity index (χ0v) is 18.7. The van der Waals surface area contributed by atoms with Gasteiger partial charge in [0.05, 0.1) is 11.1 Å². The molecule has 0 aliphatic carbocycles. The van der Waals surface area contributed by atoms with Crippen LogP contribution in [0.2, 0.25) is 10.0 Å². The fraction of sp³-hybridized carbons (Fsp3) is 0.208. The topological polar surface area (TPSA) is 32.3 Å². The van der Waals surface area contributed by atoms with Gasteiger partial charge in [-0.25, -0.2) is 0 Å². The maximum Gasteiger partial charge on any atom is 0.416 e. The number of hydrogen-bond acceptors (Lipinski definition) is 2. The Kier molecular flexibility index (Phi) is 7.69. The van der Waals surface area contributed by atoms with Gasteiger partial charge in [0.15, 0.2) is 0 Å². The molecule has 0 spiro atoms. The summed E-state index contributed by atoms with van der Waals surface area (Å²) in [4.78, 5) is 15.0. The Hall–Kier alpha value is -2.70. The van der Waals surface area contributed by atoms with Crippen molar-refractivity contribution in [3.8, 4) is 0 Å². The molecule has 0 unspecified atom stereocenters. The molecule has 1 N–H and O–H groups in total. The largest absolute Gasteiger partial charge is 0.416 e. The van der Waals surface area contributed by atoms with Crippen LogP contribution in [-0.4, -0.2) is 24.4 Å². The molecular weight excluding hydrogens is 460 g/mol. The predicted octanol–water partition coefficient (Wildman–Crippen LogP) is 6.94. The number of nitrogens with one attached hydrogen (secondary N) is 1. The third-order valence-corrected chi connectivity index (χ3v) is 5.49. The molecule has 0 heterocycles. The number of alkyl halides is 3. The van der Waals surface area contributed by atoms with Crippen LogP contribution in [0, 0.1) is 0 Å². The summed E-state index contributed by atoms with van der Waals surface area (Å²) < 4.78 is 38.7. The van der Waals surface area contributed by atoms with Crippen LogP contribution in [0.1, 0.15) is 27.0 Å². The predicted molar refractivity (Wildman–Crippen MR) is 122 cm³/mol. The highest BCUT2D eigenvalue weighted by molar-refractivity contribution is 6.31. The van der Waals surface area contributed by atoms with E-state index in [1.165, 1.54) is 12.1 Å². The van der Waals surface area contributed by atoms with E-state index >= 15 is 0 Å². The molecule has 168 valence electrons. The van der Waals surface area contributed by atoms with Crippen molar-refractivity contribution in [2.24, 2.45) is 0 Å². The van der Waals surface area contributed by atoms with Gasteiger partial charge in [0.1, 0.15) is 0 Å². The molecule has 0 fully saturated rings. The summed E-state index contributed by atoms with van der Waals surface area (Å²) in [7, 11) is 1.70. The average Bonchev–Trinajstić information content (AvgIpc) is 2.77. The van der Waals surface area contributed by atoms with E-state index in [2.05, 4.69) is 5.32 Å². The Balaban J connectivity index is 1.87. The van der Waals surface area contributed by atoms with Crippen LogP contribution >= 0.6 is 23.2 Å². The molecule has 3 aromatic rings. The maximum atomic E-state index is 13.4. The zero-order valence-electron chi connectivity index (χ0n) is 17.2. The van der Waals surface area contributed by atoms with Crippen LogP contribution in [0.25, 0.3) is 0 Å². The first-order chi connectivity index (χ1) is 15.2. The average molecular weight is 481 g/mol. The number of halogens is 5. The van der Waals surface area contributed by atoms with Gasteiger partial charge in [0.2, 0.25) is 0 Å². The normalized spacial score (nSPS) is 11.3. The first-order valence-corrected chi connectivity index (χ1v) is 10.6. The Morgan fingerprint density at radius 1 is 0.906 bits per heavy atom. The van der Waals surface area contributed by atoms with Gasteiger partial charge in [0, 0.05) is 35.9 Å². The highest BCUT2D eigenvalue weighted by Crippen LogP contribution is 2.29. The summed E-state index contributed by atoms with van der Waals surface area (Å²) in [6.45, 7) is 0.511. The van der Waals surface area contributed by atoms with Crippen molar-refractivity contribution >= 4 is 34.8 Å². The molecule has 0 aliphatic heterocycles. The summed E-state index contributed by atoms with van der Waals surface area (Å²) in [6.07, 6.45) is -3.86. The van der Waals surface area contributed by atoms with Crippen molar-refractivity contribution in [1.29, 1.82) is 0 Å². The minimum atomic E-state index is -4.41. The number of hydrogen-bond donors (Lipinski definition) is 1. The van der Waals surface area contributed by atoms with E-state index in [0.717, 1.165) is 17.7 Å². The van der Waals surface area contributed by atoms with Gasteiger partial charge < -0.3 is 10.2 Å². The second-order valence-electron chi connectivity index (χ2n) is 7.24. The summed E-state index contributed by atoms with van der Waals surface area (Å²) in [5, 5.41) is 4.01. The number of rotatable bonds is 7. The number of carbonyl (C=O) groups is 1. The molecule has 0 aromatic heterocycles. The molecule has 3 nitrogen and oxygen atoms in total. The van der Waals surface area contributed by atoms with Gasteiger partial charge in [-0.1, -0.05) is 47.5 Å². The second-order valence-corrected chi connectivity index (χ2v) is 8.11. The highest BCUT2D eigenvalue weighted by Gasteiger charge is 2.30. The van der Waals surface area contributed by atoms with E-state index in [-0.39, 0.29) is 12.5 Å². The lowest BCUT2D eigenvalue weighted by molar-refractivity contribution is -0.137. The van der Waals surface area contributed by atoms with Crippen molar-refractivity contribution in [2.75, 3.05) is 18.9 Å². The van der Waals surface area contributed by atoms with Gasteiger partial charge in [-0.15, -0.1) is 0 Å². The molecule has 8 heteroatoms. The van der Waals surface area contributed by atoms with Gasteiger partial charge in [-0.05, 0) is 60.0 Å². The summed E-state index contributed by atoms with van der Waals surface area (Å²) >= 11 is 12.1. The van der Waals surface area contributed by atoms with E-state index in [1.54, 1.807) is 42.3 Å². The van der Waals surface area contributed by atoms with Crippen LogP contribution in [-0.2, 0) is 19.1 Å². The molecule has 32 heavy (non-hydrogen) atoms. The molecule has 0 saturated carbocycles. The number of carbonyl (C=O) groups excluding carboxylic acids is 1. The Bertz CT molecular complexity index is 1070. The van der Waals surface area contributed by atoms with E-state index < -0.39 is 11.7 Å². The lowest BCUT2D eigenvalue weighted by Crippen LogP contribution is -2.33. The van der Waals surface area contributed by atoms with E-state index in [0.29, 0.717) is 39.8 Å². The van der Waals surface area contributed by atoms with Crippen LogP contribution in [0.15, 0.2) is 66.7 Å². The Morgan fingerprint density at radius 2 is 1.50 bits per heavy atom. The Morgan fingerprint density at radius 3 is 2.09 bits per heavy atom. The first-order valence-electron chi connectivity index (χ1n) is 9.84. The lowest BCUT2D eigenvalue weighted by atomic mass is 10.1. The monoisotopic (exact) mass is 480 g/mol. The molecule has 0 aliphatic rings. The number of benzene rings is 3. The molecule has 3 aromatic carbocycles. The van der Waals surface area contributed by atoms with Gasteiger partial charge in [-0.2, -0.15) is 13.2 Å². The summed E-state index contributed by atoms with van der Waals surface area (Å²) in [5.41, 5.74) is 1.86.